The number of anilines is 1. The molecule has 176 valence electrons. The van der Waals surface area contributed by atoms with Crippen molar-refractivity contribution < 1.29 is 9.72 Å². The Morgan fingerprint density at radius 3 is 2.82 bits per heavy atom. The summed E-state index contributed by atoms with van der Waals surface area (Å²) >= 11 is 2.78. The van der Waals surface area contributed by atoms with Crippen molar-refractivity contribution in [2.75, 3.05) is 18.8 Å². The fourth-order valence-electron chi connectivity index (χ4n) is 4.19. The van der Waals surface area contributed by atoms with E-state index in [1.165, 1.54) is 41.6 Å². The SMILES string of the molecule is CC(=O)N1CCC(CCn2c(Sc3nc4ccc([N+](=O)[O-])cc4s3)nc3c(N)ncnc32)CC1. The van der Waals surface area contributed by atoms with Gasteiger partial charge in [-0.3, -0.25) is 14.9 Å². The summed E-state index contributed by atoms with van der Waals surface area (Å²) in [6.07, 6.45) is 4.32. The first-order valence-electron chi connectivity index (χ1n) is 10.8. The van der Waals surface area contributed by atoms with Gasteiger partial charge in [-0.15, -0.1) is 11.3 Å². The van der Waals surface area contributed by atoms with E-state index in [1.54, 1.807) is 13.0 Å². The topological polar surface area (TPSA) is 146 Å². The summed E-state index contributed by atoms with van der Waals surface area (Å²) in [5.74, 6) is 0.958. The van der Waals surface area contributed by atoms with E-state index in [0.29, 0.717) is 40.1 Å². The summed E-state index contributed by atoms with van der Waals surface area (Å²) in [5.41, 5.74) is 8.04. The minimum atomic E-state index is -0.409. The Balaban J connectivity index is 1.40. The highest BCUT2D eigenvalue weighted by Crippen LogP contribution is 2.37. The Labute approximate surface area is 202 Å². The highest BCUT2D eigenvalue weighted by molar-refractivity contribution is 8.01. The smallest absolute Gasteiger partial charge is 0.270 e. The predicted octanol–water partition coefficient (Wildman–Crippen LogP) is 3.73. The molecule has 0 saturated carbocycles. The van der Waals surface area contributed by atoms with Crippen molar-refractivity contribution in [1.82, 2.24) is 29.4 Å². The number of aryl methyl sites for hydroxylation is 1. The number of non-ortho nitro benzene ring substituents is 1. The molecule has 0 atom stereocenters. The third-order valence-electron chi connectivity index (χ3n) is 6.09. The number of nitro groups is 1. The van der Waals surface area contributed by atoms with Gasteiger partial charge in [0, 0.05) is 38.7 Å². The lowest BCUT2D eigenvalue weighted by molar-refractivity contribution is -0.384. The molecule has 0 spiro atoms. The number of hydrogen-bond donors (Lipinski definition) is 1. The van der Waals surface area contributed by atoms with E-state index in [0.717, 1.165) is 41.4 Å². The second kappa shape index (κ2) is 9.14. The van der Waals surface area contributed by atoms with E-state index >= 15 is 0 Å². The number of benzene rings is 1. The molecular formula is C21H22N8O3S2. The Morgan fingerprint density at radius 2 is 2.09 bits per heavy atom. The summed E-state index contributed by atoms with van der Waals surface area (Å²) in [7, 11) is 0. The molecule has 0 unspecified atom stereocenters. The molecule has 1 fully saturated rings. The van der Waals surface area contributed by atoms with Gasteiger partial charge in [0.15, 0.2) is 26.5 Å². The van der Waals surface area contributed by atoms with Crippen molar-refractivity contribution in [2.24, 2.45) is 5.92 Å². The maximum Gasteiger partial charge on any atom is 0.270 e. The zero-order valence-corrected chi connectivity index (χ0v) is 20.0. The molecule has 34 heavy (non-hydrogen) atoms. The van der Waals surface area contributed by atoms with Gasteiger partial charge in [-0.05, 0) is 43.0 Å². The zero-order valence-electron chi connectivity index (χ0n) is 18.4. The molecule has 13 heteroatoms. The van der Waals surface area contributed by atoms with Gasteiger partial charge in [-0.1, -0.05) is 0 Å². The van der Waals surface area contributed by atoms with Crippen molar-refractivity contribution in [2.45, 2.75) is 42.2 Å². The lowest BCUT2D eigenvalue weighted by Gasteiger charge is -2.31. The van der Waals surface area contributed by atoms with Crippen LogP contribution in [0.15, 0.2) is 34.0 Å². The number of carbonyl (C=O) groups excluding carboxylic acids is 1. The van der Waals surface area contributed by atoms with E-state index in [4.69, 9.17) is 10.7 Å². The van der Waals surface area contributed by atoms with Gasteiger partial charge in [0.1, 0.15) is 6.33 Å². The number of nitrogens with zero attached hydrogens (tertiary/aromatic N) is 7. The molecule has 1 amide bonds. The average Bonchev–Trinajstić information content (AvgIpc) is 3.38. The molecule has 1 aliphatic rings. The summed E-state index contributed by atoms with van der Waals surface area (Å²) in [6.45, 7) is 3.90. The quantitative estimate of drug-likeness (QED) is 0.310. The monoisotopic (exact) mass is 498 g/mol. The van der Waals surface area contributed by atoms with Crippen LogP contribution in [0.4, 0.5) is 11.5 Å². The molecule has 2 N–H and O–H groups in total. The number of imidazole rings is 1. The highest BCUT2D eigenvalue weighted by atomic mass is 32.2. The van der Waals surface area contributed by atoms with Crippen LogP contribution < -0.4 is 5.73 Å². The van der Waals surface area contributed by atoms with Crippen LogP contribution in [-0.2, 0) is 11.3 Å². The third kappa shape index (κ3) is 4.40. The molecular weight excluding hydrogens is 476 g/mol. The molecule has 1 aromatic carbocycles. The van der Waals surface area contributed by atoms with Crippen molar-refractivity contribution in [3.8, 4) is 0 Å². The van der Waals surface area contributed by atoms with Crippen LogP contribution in [-0.4, -0.2) is 53.3 Å². The van der Waals surface area contributed by atoms with E-state index in [1.807, 2.05) is 9.47 Å². The van der Waals surface area contributed by atoms with Crippen LogP contribution in [0.3, 0.4) is 0 Å². The summed E-state index contributed by atoms with van der Waals surface area (Å²) < 4.78 is 3.52. The number of aromatic nitrogens is 5. The molecule has 0 radical (unpaired) electrons. The van der Waals surface area contributed by atoms with Crippen LogP contribution in [0.5, 0.6) is 0 Å². The first kappa shape index (κ1) is 22.5. The number of likely N-dealkylation sites (tertiary alicyclic amines) is 1. The molecule has 1 saturated heterocycles. The van der Waals surface area contributed by atoms with Gasteiger partial charge in [0.25, 0.3) is 5.69 Å². The molecule has 3 aromatic heterocycles. The van der Waals surface area contributed by atoms with Crippen molar-refractivity contribution in [1.29, 1.82) is 0 Å². The van der Waals surface area contributed by atoms with Crippen LogP contribution in [0.2, 0.25) is 0 Å². The minimum absolute atomic E-state index is 0.0406. The number of amides is 1. The molecule has 4 aromatic rings. The minimum Gasteiger partial charge on any atom is -0.382 e. The fourth-order valence-corrected chi connectivity index (χ4v) is 6.30. The summed E-state index contributed by atoms with van der Waals surface area (Å²) in [4.78, 5) is 42.0. The normalized spacial score (nSPS) is 14.8. The van der Waals surface area contributed by atoms with Gasteiger partial charge in [-0.2, -0.15) is 0 Å². The molecule has 5 rings (SSSR count). The second-order valence-electron chi connectivity index (χ2n) is 8.21. The maximum absolute atomic E-state index is 11.6. The van der Waals surface area contributed by atoms with Crippen molar-refractivity contribution in [3.05, 3.63) is 34.6 Å². The number of hydrogen-bond acceptors (Lipinski definition) is 10. The Hall–Kier alpha value is -3.32. The molecule has 4 heterocycles. The van der Waals surface area contributed by atoms with E-state index in [-0.39, 0.29) is 11.6 Å². The number of nitrogen functional groups attached to an aromatic ring is 1. The standard InChI is InChI=1S/C21H22N8O3S2/c1-12(30)27-7-4-13(5-8-27)6-9-28-19-17(18(22)23-11-24-19)26-20(28)34-21-25-15-3-2-14(29(31)32)10-16(15)33-21/h2-3,10-11,13H,4-9H2,1H3,(H2,22,23,24). The summed E-state index contributed by atoms with van der Waals surface area (Å²) in [5, 5.41) is 11.8. The Kier molecular flexibility index (Phi) is 6.04. The van der Waals surface area contributed by atoms with Crippen LogP contribution in [0.1, 0.15) is 26.2 Å². The third-order valence-corrected chi connectivity index (χ3v) is 8.16. The predicted molar refractivity (Wildman–Crippen MR) is 130 cm³/mol. The van der Waals surface area contributed by atoms with E-state index < -0.39 is 4.92 Å². The van der Waals surface area contributed by atoms with Gasteiger partial charge in [0.05, 0.1) is 15.1 Å². The number of rotatable bonds is 6. The number of nitrogens with two attached hydrogens (primary N) is 1. The molecule has 11 nitrogen and oxygen atoms in total. The number of piperidine rings is 1. The highest BCUT2D eigenvalue weighted by Gasteiger charge is 2.23. The fraction of sp³-hybridized carbons (Fsp3) is 0.381. The van der Waals surface area contributed by atoms with Gasteiger partial charge >= 0.3 is 0 Å². The Bertz CT molecular complexity index is 1390. The number of nitro benzene ring substituents is 1. The molecule has 0 bridgehead atoms. The Morgan fingerprint density at radius 1 is 1.29 bits per heavy atom. The summed E-state index contributed by atoms with van der Waals surface area (Å²) in [6, 6.07) is 4.66. The van der Waals surface area contributed by atoms with Gasteiger partial charge < -0.3 is 15.2 Å². The largest absolute Gasteiger partial charge is 0.382 e. The van der Waals surface area contributed by atoms with E-state index in [9.17, 15) is 14.9 Å². The molecule has 1 aliphatic heterocycles. The molecule has 0 aliphatic carbocycles. The van der Waals surface area contributed by atoms with Gasteiger partial charge in [-0.25, -0.2) is 19.9 Å². The maximum atomic E-state index is 11.6. The first-order chi connectivity index (χ1) is 16.4. The van der Waals surface area contributed by atoms with Crippen molar-refractivity contribution >= 4 is 61.9 Å². The number of thiazole rings is 1. The van der Waals surface area contributed by atoms with Crippen molar-refractivity contribution in [3.63, 3.8) is 0 Å². The lowest BCUT2D eigenvalue weighted by atomic mass is 9.93. The second-order valence-corrected chi connectivity index (χ2v) is 10.5. The number of fused-ring (bicyclic) bond motifs is 2. The van der Waals surface area contributed by atoms with Crippen LogP contribution >= 0.6 is 23.1 Å². The van der Waals surface area contributed by atoms with Gasteiger partial charge in [0.2, 0.25) is 5.91 Å². The zero-order chi connectivity index (χ0) is 23.8. The van der Waals surface area contributed by atoms with Crippen LogP contribution in [0, 0.1) is 16.0 Å². The van der Waals surface area contributed by atoms with E-state index in [2.05, 4.69) is 15.0 Å². The lowest BCUT2D eigenvalue weighted by Crippen LogP contribution is -2.37. The van der Waals surface area contributed by atoms with Crippen LogP contribution in [0.25, 0.3) is 21.4 Å². The average molecular weight is 499 g/mol. The number of carbonyl (C=O) groups is 1. The first-order valence-corrected chi connectivity index (χ1v) is 12.5.